The molecule has 0 aromatic heterocycles. The molecule has 0 heterocycles. The van der Waals surface area contributed by atoms with Crippen molar-refractivity contribution in [2.75, 3.05) is 17.4 Å². The Hall–Kier alpha value is -3.36. The van der Waals surface area contributed by atoms with Gasteiger partial charge in [0.15, 0.2) is 0 Å². The number of anilines is 1. The maximum absolute atomic E-state index is 13.9. The fraction of sp³-hybridized carbons (Fsp3) is 0.310. The third-order valence-electron chi connectivity index (χ3n) is 6.44. The van der Waals surface area contributed by atoms with Gasteiger partial charge in [0, 0.05) is 18.1 Å². The number of hydrogen-bond donors (Lipinski definition) is 1. The lowest BCUT2D eigenvalue weighted by molar-refractivity contribution is -0.139. The number of aryl methyl sites for hydroxylation is 1. The number of amides is 2. The summed E-state index contributed by atoms with van der Waals surface area (Å²) in [5, 5.41) is 3.23. The molecule has 202 valence electrons. The van der Waals surface area contributed by atoms with Gasteiger partial charge in [0.2, 0.25) is 11.8 Å². The molecule has 9 heteroatoms. The van der Waals surface area contributed by atoms with Gasteiger partial charge in [0.1, 0.15) is 12.6 Å². The zero-order chi connectivity index (χ0) is 27.9. The van der Waals surface area contributed by atoms with E-state index >= 15 is 0 Å². The van der Waals surface area contributed by atoms with Crippen molar-refractivity contribution in [3.05, 3.63) is 94.5 Å². The molecule has 0 bridgehead atoms. The zero-order valence-corrected chi connectivity index (χ0v) is 23.7. The van der Waals surface area contributed by atoms with Crippen LogP contribution >= 0.6 is 11.6 Å². The average Bonchev–Trinajstić information content (AvgIpc) is 2.91. The summed E-state index contributed by atoms with van der Waals surface area (Å²) >= 11 is 6.35. The summed E-state index contributed by atoms with van der Waals surface area (Å²) in [6.45, 7) is 7.37. The summed E-state index contributed by atoms with van der Waals surface area (Å²) in [4.78, 5) is 28.4. The lowest BCUT2D eigenvalue weighted by Gasteiger charge is -2.32. The first-order chi connectivity index (χ1) is 18.1. The number of sulfonamides is 1. The van der Waals surface area contributed by atoms with Crippen LogP contribution in [0.3, 0.4) is 0 Å². The molecule has 2 amide bonds. The molecule has 1 unspecified atom stereocenters. The predicted octanol–water partition coefficient (Wildman–Crippen LogP) is 5.10. The minimum absolute atomic E-state index is 0.0476. The second-order valence-corrected chi connectivity index (χ2v) is 11.4. The third-order valence-corrected chi connectivity index (χ3v) is 8.62. The van der Waals surface area contributed by atoms with Gasteiger partial charge in [-0.2, -0.15) is 0 Å². The van der Waals surface area contributed by atoms with Crippen LogP contribution < -0.4 is 9.62 Å². The predicted molar refractivity (Wildman–Crippen MR) is 152 cm³/mol. The highest BCUT2D eigenvalue weighted by Gasteiger charge is 2.33. The van der Waals surface area contributed by atoms with Crippen LogP contribution in [0.1, 0.15) is 37.0 Å². The minimum Gasteiger partial charge on any atom is -0.354 e. The Bertz CT molecular complexity index is 1380. The number of rotatable bonds is 11. The van der Waals surface area contributed by atoms with Gasteiger partial charge < -0.3 is 10.2 Å². The average molecular weight is 556 g/mol. The third kappa shape index (κ3) is 6.74. The molecule has 0 spiro atoms. The molecule has 3 aromatic carbocycles. The van der Waals surface area contributed by atoms with Crippen molar-refractivity contribution in [3.63, 3.8) is 0 Å². The largest absolute Gasteiger partial charge is 0.354 e. The van der Waals surface area contributed by atoms with Gasteiger partial charge in [-0.1, -0.05) is 67.1 Å². The van der Waals surface area contributed by atoms with Crippen LogP contribution in [-0.2, 0) is 26.2 Å². The fourth-order valence-electron chi connectivity index (χ4n) is 4.05. The van der Waals surface area contributed by atoms with E-state index in [2.05, 4.69) is 5.32 Å². The molecule has 0 aliphatic heterocycles. The molecule has 3 aromatic rings. The van der Waals surface area contributed by atoms with Crippen LogP contribution in [0, 0.1) is 13.8 Å². The fourth-order valence-corrected chi connectivity index (χ4v) is 5.71. The van der Waals surface area contributed by atoms with Crippen molar-refractivity contribution >= 4 is 39.1 Å². The van der Waals surface area contributed by atoms with Crippen LogP contribution in [0.2, 0.25) is 5.02 Å². The first kappa shape index (κ1) is 29.2. The molecule has 38 heavy (non-hydrogen) atoms. The maximum atomic E-state index is 13.9. The van der Waals surface area contributed by atoms with E-state index in [0.717, 1.165) is 21.9 Å². The van der Waals surface area contributed by atoms with E-state index in [1.54, 1.807) is 50.2 Å². The smallest absolute Gasteiger partial charge is 0.264 e. The Labute approximate surface area is 230 Å². The number of carbonyl (C=O) groups excluding carboxylic acids is 2. The van der Waals surface area contributed by atoms with E-state index in [1.165, 1.54) is 17.0 Å². The van der Waals surface area contributed by atoms with E-state index < -0.39 is 28.5 Å². The van der Waals surface area contributed by atoms with Crippen molar-refractivity contribution in [1.82, 2.24) is 10.2 Å². The highest BCUT2D eigenvalue weighted by Crippen LogP contribution is 2.31. The van der Waals surface area contributed by atoms with Gasteiger partial charge >= 0.3 is 0 Å². The lowest BCUT2D eigenvalue weighted by Crippen LogP contribution is -2.51. The van der Waals surface area contributed by atoms with Crippen molar-refractivity contribution in [2.24, 2.45) is 0 Å². The molecular formula is C29H34ClN3O4S. The highest BCUT2D eigenvalue weighted by atomic mass is 35.5. The molecule has 0 saturated heterocycles. The summed E-state index contributed by atoms with van der Waals surface area (Å²) < 4.78 is 28.8. The molecule has 0 radical (unpaired) electrons. The second kappa shape index (κ2) is 12.9. The van der Waals surface area contributed by atoms with E-state index in [-0.39, 0.29) is 17.3 Å². The Morgan fingerprint density at radius 3 is 2.26 bits per heavy atom. The van der Waals surface area contributed by atoms with Crippen molar-refractivity contribution in [2.45, 2.75) is 51.6 Å². The quantitative estimate of drug-likeness (QED) is 0.357. The van der Waals surface area contributed by atoms with Gasteiger partial charge in [-0.15, -0.1) is 0 Å². The monoisotopic (exact) mass is 555 g/mol. The Morgan fingerprint density at radius 1 is 0.947 bits per heavy atom. The SMILES string of the molecule is CCCNC(=O)C(C)N(Cc1ccccc1C)C(=O)CN(c1cccc(Cl)c1C)S(=O)(=O)c1ccccc1. The number of nitrogens with one attached hydrogen (secondary N) is 1. The molecule has 0 aliphatic rings. The summed E-state index contributed by atoms with van der Waals surface area (Å²) in [5.41, 5.74) is 2.66. The number of benzene rings is 3. The van der Waals surface area contributed by atoms with Crippen LogP contribution in [0.4, 0.5) is 5.69 Å². The van der Waals surface area contributed by atoms with Crippen LogP contribution in [0.5, 0.6) is 0 Å². The van der Waals surface area contributed by atoms with Gasteiger partial charge in [-0.25, -0.2) is 8.42 Å². The molecule has 7 nitrogen and oxygen atoms in total. The van der Waals surface area contributed by atoms with Gasteiger partial charge in [-0.05, 0) is 68.1 Å². The lowest BCUT2D eigenvalue weighted by atomic mass is 10.1. The first-order valence-electron chi connectivity index (χ1n) is 12.5. The summed E-state index contributed by atoms with van der Waals surface area (Å²) in [6.07, 6.45) is 0.751. The number of hydrogen-bond acceptors (Lipinski definition) is 4. The molecular weight excluding hydrogens is 522 g/mol. The summed E-state index contributed by atoms with van der Waals surface area (Å²) in [7, 11) is -4.14. The number of carbonyl (C=O) groups is 2. The zero-order valence-electron chi connectivity index (χ0n) is 22.1. The Morgan fingerprint density at radius 2 is 1.61 bits per heavy atom. The molecule has 0 saturated carbocycles. The summed E-state index contributed by atoms with van der Waals surface area (Å²) in [6, 6.07) is 19.7. The van der Waals surface area contributed by atoms with Gasteiger partial charge in [0.25, 0.3) is 10.0 Å². The maximum Gasteiger partial charge on any atom is 0.264 e. The Kier molecular flexibility index (Phi) is 9.94. The molecule has 3 rings (SSSR count). The molecule has 0 aliphatic carbocycles. The number of nitrogens with zero attached hydrogens (tertiary/aromatic N) is 2. The van der Waals surface area contributed by atoms with Crippen LogP contribution in [0.15, 0.2) is 77.7 Å². The van der Waals surface area contributed by atoms with Crippen molar-refractivity contribution in [1.29, 1.82) is 0 Å². The van der Waals surface area contributed by atoms with Gasteiger partial charge in [-0.3, -0.25) is 13.9 Å². The molecule has 1 atom stereocenters. The molecule has 1 N–H and O–H groups in total. The van der Waals surface area contributed by atoms with E-state index in [9.17, 15) is 18.0 Å². The summed E-state index contributed by atoms with van der Waals surface area (Å²) in [5.74, 6) is -0.809. The topological polar surface area (TPSA) is 86.8 Å². The standard InChI is InChI=1S/C29H34ClN3O4S/c1-5-18-31-29(35)23(4)32(19-24-13-10-9-12-21(24)2)28(34)20-33(27-17-11-16-26(30)22(27)3)38(36,37)25-14-7-6-8-15-25/h6-17,23H,5,18-20H2,1-4H3,(H,31,35). The highest BCUT2D eigenvalue weighted by molar-refractivity contribution is 7.92. The van der Waals surface area contributed by atoms with E-state index in [1.807, 2.05) is 38.1 Å². The van der Waals surface area contributed by atoms with Crippen LogP contribution in [-0.4, -0.2) is 44.3 Å². The second-order valence-electron chi connectivity index (χ2n) is 9.12. The normalized spacial score (nSPS) is 12.0. The Balaban J connectivity index is 2.06. The van der Waals surface area contributed by atoms with Crippen molar-refractivity contribution in [3.8, 4) is 0 Å². The van der Waals surface area contributed by atoms with Crippen LogP contribution in [0.25, 0.3) is 0 Å². The number of halogens is 1. The van der Waals surface area contributed by atoms with Crippen molar-refractivity contribution < 1.29 is 18.0 Å². The first-order valence-corrected chi connectivity index (χ1v) is 14.3. The van der Waals surface area contributed by atoms with E-state index in [4.69, 9.17) is 11.6 Å². The molecule has 0 fully saturated rings. The van der Waals surface area contributed by atoms with Gasteiger partial charge in [0.05, 0.1) is 10.6 Å². The van der Waals surface area contributed by atoms with E-state index in [0.29, 0.717) is 22.8 Å². The minimum atomic E-state index is -4.14.